The molecule has 1 aliphatic heterocycles. The lowest BCUT2D eigenvalue weighted by atomic mass is 9.88. The number of methoxy groups -OCH3 is 2. The van der Waals surface area contributed by atoms with E-state index in [9.17, 15) is 9.59 Å². The van der Waals surface area contributed by atoms with Gasteiger partial charge in [-0.2, -0.15) is 0 Å². The van der Waals surface area contributed by atoms with E-state index < -0.39 is 12.1 Å². The van der Waals surface area contributed by atoms with E-state index in [0.29, 0.717) is 47.0 Å². The van der Waals surface area contributed by atoms with Crippen LogP contribution in [0.15, 0.2) is 76.5 Å². The number of anilines is 3. The summed E-state index contributed by atoms with van der Waals surface area (Å²) in [4.78, 5) is 28.7. The normalized spacial score (nSPS) is 17.3. The minimum Gasteiger partial charge on any atom is -0.497 e. The highest BCUT2D eigenvalue weighted by Crippen LogP contribution is 2.45. The van der Waals surface area contributed by atoms with Crippen molar-refractivity contribution >= 4 is 28.9 Å². The Hall–Kier alpha value is -4.20. The summed E-state index contributed by atoms with van der Waals surface area (Å²) >= 11 is 0. The second-order valence-electron chi connectivity index (χ2n) is 8.10. The predicted octanol–water partition coefficient (Wildman–Crippen LogP) is 5.51. The van der Waals surface area contributed by atoms with Gasteiger partial charge < -0.3 is 24.5 Å². The molecule has 5 rings (SSSR count). The zero-order valence-corrected chi connectivity index (χ0v) is 19.0. The summed E-state index contributed by atoms with van der Waals surface area (Å²) in [6, 6.07) is 15.1. The molecule has 1 atom stereocenters. The third-order valence-electron chi connectivity index (χ3n) is 6.12. The lowest BCUT2D eigenvalue weighted by Crippen LogP contribution is -2.40. The van der Waals surface area contributed by atoms with Crippen LogP contribution in [0.25, 0.3) is 0 Å². The number of nitrogens with one attached hydrogen (secondary N) is 2. The summed E-state index contributed by atoms with van der Waals surface area (Å²) in [6.45, 7) is 0. The van der Waals surface area contributed by atoms with Gasteiger partial charge in [0.15, 0.2) is 5.78 Å². The minimum atomic E-state index is -0.731. The molecule has 0 saturated carbocycles. The van der Waals surface area contributed by atoms with Crippen LogP contribution in [0.1, 0.15) is 31.1 Å². The summed E-state index contributed by atoms with van der Waals surface area (Å²) < 4.78 is 16.5. The summed E-state index contributed by atoms with van der Waals surface area (Å²) in [6.07, 6.45) is 3.44. The highest BCUT2D eigenvalue weighted by atomic mass is 16.5. The van der Waals surface area contributed by atoms with E-state index in [2.05, 4.69) is 10.6 Å². The number of carbonyl (C=O) groups is 2. The molecular weight excluding hydrogens is 434 g/mol. The summed E-state index contributed by atoms with van der Waals surface area (Å²) in [5.41, 5.74) is 3.19. The molecule has 0 fully saturated rings. The number of furan rings is 1. The Labute approximate surface area is 197 Å². The third kappa shape index (κ3) is 3.77. The van der Waals surface area contributed by atoms with Crippen molar-refractivity contribution in [3.8, 4) is 11.5 Å². The number of hydrogen-bond donors (Lipinski definition) is 2. The van der Waals surface area contributed by atoms with Crippen molar-refractivity contribution in [1.82, 2.24) is 0 Å². The molecular formula is C26H25N3O5. The second kappa shape index (κ2) is 8.97. The maximum Gasteiger partial charge on any atom is 0.327 e. The van der Waals surface area contributed by atoms with Crippen LogP contribution in [0, 0.1) is 0 Å². The Balaban J connectivity index is 1.66. The number of urea groups is 1. The number of fused-ring (bicyclic) bond motifs is 1. The van der Waals surface area contributed by atoms with Crippen LogP contribution >= 0.6 is 0 Å². The Bertz CT molecular complexity index is 1270. The monoisotopic (exact) mass is 459 g/mol. The largest absolute Gasteiger partial charge is 0.497 e. The molecule has 2 aromatic carbocycles. The van der Waals surface area contributed by atoms with Crippen LogP contribution in [-0.4, -0.2) is 26.0 Å². The van der Waals surface area contributed by atoms with Crippen molar-refractivity contribution in [2.24, 2.45) is 0 Å². The SMILES string of the molecule is COc1ccc(OC)c(NC(=O)N2c3ccccc3NC3=C(C(=O)CCC3)[C@@H]2c2ccco2)c1. The summed E-state index contributed by atoms with van der Waals surface area (Å²) in [7, 11) is 3.09. The molecule has 1 aromatic heterocycles. The van der Waals surface area contributed by atoms with Crippen molar-refractivity contribution in [3.63, 3.8) is 0 Å². The summed E-state index contributed by atoms with van der Waals surface area (Å²) in [5, 5.41) is 6.38. The number of rotatable bonds is 4. The van der Waals surface area contributed by atoms with E-state index >= 15 is 0 Å². The maximum atomic E-state index is 14.0. The van der Waals surface area contributed by atoms with Crippen LogP contribution in [-0.2, 0) is 4.79 Å². The number of ketones is 1. The standard InChI is InChI=1S/C26H25N3O5/c1-32-16-12-13-22(33-2)19(15-16)28-26(31)29-20-9-4-3-7-17(20)27-18-8-5-10-21(30)24(18)25(29)23-11-6-14-34-23/h3-4,6-7,9,11-15,25,27H,5,8,10H2,1-2H3,(H,28,31)/t25-/m0/s1. The number of Topliss-reactive ketones (excluding diaryl/α,β-unsaturated/α-hetero) is 1. The van der Waals surface area contributed by atoms with E-state index in [1.54, 1.807) is 48.6 Å². The molecule has 34 heavy (non-hydrogen) atoms. The van der Waals surface area contributed by atoms with E-state index in [0.717, 1.165) is 17.8 Å². The van der Waals surface area contributed by atoms with Crippen molar-refractivity contribution in [2.45, 2.75) is 25.3 Å². The Kier molecular flexibility index (Phi) is 5.71. The van der Waals surface area contributed by atoms with Gasteiger partial charge in [-0.25, -0.2) is 4.79 Å². The average Bonchev–Trinajstić information content (AvgIpc) is 3.33. The molecule has 174 valence electrons. The van der Waals surface area contributed by atoms with Gasteiger partial charge in [-0.15, -0.1) is 0 Å². The van der Waals surface area contributed by atoms with E-state index in [-0.39, 0.29) is 5.78 Å². The van der Waals surface area contributed by atoms with Gasteiger partial charge in [-0.05, 0) is 49.2 Å². The topological polar surface area (TPSA) is 93.0 Å². The van der Waals surface area contributed by atoms with Crippen LogP contribution < -0.4 is 25.0 Å². The molecule has 0 spiro atoms. The zero-order valence-electron chi connectivity index (χ0n) is 19.0. The lowest BCUT2D eigenvalue weighted by Gasteiger charge is -2.32. The van der Waals surface area contributed by atoms with Crippen molar-refractivity contribution in [2.75, 3.05) is 29.8 Å². The number of nitrogens with zero attached hydrogens (tertiary/aromatic N) is 1. The van der Waals surface area contributed by atoms with Gasteiger partial charge in [0.25, 0.3) is 0 Å². The van der Waals surface area contributed by atoms with Gasteiger partial charge >= 0.3 is 6.03 Å². The molecule has 2 heterocycles. The number of para-hydroxylation sites is 2. The first-order valence-corrected chi connectivity index (χ1v) is 11.1. The Morgan fingerprint density at radius 3 is 2.71 bits per heavy atom. The van der Waals surface area contributed by atoms with Gasteiger partial charge in [0.2, 0.25) is 0 Å². The molecule has 0 unspecified atom stereocenters. The number of allylic oxidation sites excluding steroid dienone is 1. The zero-order chi connectivity index (χ0) is 23.7. The van der Waals surface area contributed by atoms with Crippen molar-refractivity contribution in [3.05, 3.63) is 77.9 Å². The van der Waals surface area contributed by atoms with Gasteiger partial charge in [0.05, 0.1) is 37.5 Å². The number of carbonyl (C=O) groups excluding carboxylic acids is 2. The first-order valence-electron chi connectivity index (χ1n) is 11.1. The fourth-order valence-corrected chi connectivity index (χ4v) is 4.56. The molecule has 8 nitrogen and oxygen atoms in total. The molecule has 2 amide bonds. The van der Waals surface area contributed by atoms with Gasteiger partial charge in [0, 0.05) is 23.8 Å². The molecule has 0 radical (unpaired) electrons. The molecule has 0 saturated heterocycles. The Morgan fingerprint density at radius 2 is 1.94 bits per heavy atom. The number of amides is 2. The van der Waals surface area contributed by atoms with E-state index in [1.807, 2.05) is 24.3 Å². The molecule has 2 aliphatic rings. The molecule has 3 aromatic rings. The van der Waals surface area contributed by atoms with Crippen molar-refractivity contribution in [1.29, 1.82) is 0 Å². The fraction of sp³-hybridized carbons (Fsp3) is 0.231. The molecule has 1 aliphatic carbocycles. The predicted molar refractivity (Wildman–Crippen MR) is 128 cm³/mol. The number of benzene rings is 2. The van der Waals surface area contributed by atoms with Crippen LogP contribution in [0.5, 0.6) is 11.5 Å². The number of hydrogen-bond acceptors (Lipinski definition) is 6. The Morgan fingerprint density at radius 1 is 1.09 bits per heavy atom. The van der Waals surface area contributed by atoms with Gasteiger partial charge in [-0.1, -0.05) is 12.1 Å². The molecule has 0 bridgehead atoms. The summed E-state index contributed by atoms with van der Waals surface area (Å²) in [5.74, 6) is 1.57. The first kappa shape index (κ1) is 21.6. The average molecular weight is 460 g/mol. The van der Waals surface area contributed by atoms with E-state index in [4.69, 9.17) is 13.9 Å². The van der Waals surface area contributed by atoms with Gasteiger partial charge in [-0.3, -0.25) is 9.69 Å². The highest BCUT2D eigenvalue weighted by molar-refractivity contribution is 6.09. The highest BCUT2D eigenvalue weighted by Gasteiger charge is 2.41. The lowest BCUT2D eigenvalue weighted by molar-refractivity contribution is -0.116. The van der Waals surface area contributed by atoms with Crippen LogP contribution in [0.2, 0.25) is 0 Å². The molecule has 8 heteroatoms. The van der Waals surface area contributed by atoms with Crippen LogP contribution in [0.4, 0.5) is 21.9 Å². The van der Waals surface area contributed by atoms with Gasteiger partial charge in [0.1, 0.15) is 23.3 Å². The number of ether oxygens (including phenoxy) is 2. The van der Waals surface area contributed by atoms with Crippen molar-refractivity contribution < 1.29 is 23.5 Å². The third-order valence-corrected chi connectivity index (χ3v) is 6.12. The molecule has 2 N–H and O–H groups in total. The smallest absolute Gasteiger partial charge is 0.327 e. The fourth-order valence-electron chi connectivity index (χ4n) is 4.56. The maximum absolute atomic E-state index is 14.0. The quantitative estimate of drug-likeness (QED) is 0.535. The van der Waals surface area contributed by atoms with E-state index in [1.165, 1.54) is 7.11 Å². The van der Waals surface area contributed by atoms with Crippen LogP contribution in [0.3, 0.4) is 0 Å². The second-order valence-corrected chi connectivity index (χ2v) is 8.10. The first-order chi connectivity index (χ1) is 16.6. The minimum absolute atomic E-state index is 0.000262.